The smallest absolute Gasteiger partial charge is 0.254 e. The number of nitrogens with one attached hydrogen (secondary N) is 1. The van der Waals surface area contributed by atoms with Crippen LogP contribution in [0.15, 0.2) is 60.9 Å². The number of hydrogen-bond donors (Lipinski definition) is 1. The lowest BCUT2D eigenvalue weighted by atomic mass is 9.90. The molecule has 6 heteroatoms. The van der Waals surface area contributed by atoms with Crippen molar-refractivity contribution in [3.8, 4) is 11.3 Å². The number of likely N-dealkylation sites (tertiary alicyclic amines) is 1. The van der Waals surface area contributed by atoms with Gasteiger partial charge in [0, 0.05) is 36.6 Å². The quantitative estimate of drug-likeness (QED) is 0.579. The summed E-state index contributed by atoms with van der Waals surface area (Å²) in [6.07, 6.45) is 5.62. The zero-order valence-electron chi connectivity index (χ0n) is 17.9. The number of carbonyl (C=O) groups is 1. The second-order valence-corrected chi connectivity index (χ2v) is 8.66. The van der Waals surface area contributed by atoms with E-state index in [4.69, 9.17) is 11.6 Å². The molecule has 1 aromatic carbocycles. The number of pyridine rings is 2. The maximum atomic E-state index is 13.4. The Labute approximate surface area is 188 Å². The molecule has 1 aliphatic rings. The Morgan fingerprint density at radius 2 is 1.90 bits per heavy atom. The highest BCUT2D eigenvalue weighted by molar-refractivity contribution is 6.30. The lowest BCUT2D eigenvalue weighted by Gasteiger charge is -2.40. The van der Waals surface area contributed by atoms with Crippen molar-refractivity contribution in [2.45, 2.75) is 32.7 Å². The molecule has 1 fully saturated rings. The largest absolute Gasteiger partial charge is 0.368 e. The summed E-state index contributed by atoms with van der Waals surface area (Å²) in [4.78, 5) is 24.1. The van der Waals surface area contributed by atoms with E-state index in [1.54, 1.807) is 6.20 Å². The minimum Gasteiger partial charge on any atom is -0.368 e. The van der Waals surface area contributed by atoms with Crippen molar-refractivity contribution in [1.29, 1.82) is 0 Å². The minimum atomic E-state index is 0.0748. The molecule has 0 bridgehead atoms. The van der Waals surface area contributed by atoms with Crippen molar-refractivity contribution in [3.05, 3.63) is 77.1 Å². The Balaban J connectivity index is 1.48. The fourth-order valence-corrected chi connectivity index (χ4v) is 4.20. The number of aromatic nitrogens is 2. The first-order valence-corrected chi connectivity index (χ1v) is 11.1. The number of benzene rings is 1. The first-order valence-electron chi connectivity index (χ1n) is 10.7. The highest BCUT2D eigenvalue weighted by Crippen LogP contribution is 2.26. The average Bonchev–Trinajstić information content (AvgIpc) is 2.79. The van der Waals surface area contributed by atoms with Crippen molar-refractivity contribution in [3.63, 3.8) is 0 Å². The molecule has 1 saturated heterocycles. The highest BCUT2D eigenvalue weighted by Gasteiger charge is 2.32. The number of aryl methyl sites for hydroxylation is 1. The van der Waals surface area contributed by atoms with E-state index in [0.717, 1.165) is 42.0 Å². The van der Waals surface area contributed by atoms with Gasteiger partial charge in [-0.15, -0.1) is 0 Å². The first kappa shape index (κ1) is 21.3. The van der Waals surface area contributed by atoms with Gasteiger partial charge in [0.2, 0.25) is 0 Å². The molecule has 0 aliphatic carbocycles. The van der Waals surface area contributed by atoms with Gasteiger partial charge in [-0.1, -0.05) is 36.7 Å². The summed E-state index contributed by atoms with van der Waals surface area (Å²) >= 11 is 5.93. The van der Waals surface area contributed by atoms with Gasteiger partial charge in [-0.3, -0.25) is 9.78 Å². The van der Waals surface area contributed by atoms with Crippen LogP contribution in [0.4, 0.5) is 5.82 Å². The first-order chi connectivity index (χ1) is 15.0. The fraction of sp³-hybridized carbons (Fsp3) is 0.320. The van der Waals surface area contributed by atoms with Crippen LogP contribution in [-0.2, 0) is 0 Å². The zero-order chi connectivity index (χ0) is 21.8. The summed E-state index contributed by atoms with van der Waals surface area (Å²) in [5.41, 5.74) is 3.76. The Bertz CT molecular complexity index is 1020. The molecule has 160 valence electrons. The van der Waals surface area contributed by atoms with E-state index in [-0.39, 0.29) is 11.9 Å². The Hall–Kier alpha value is -2.92. The van der Waals surface area contributed by atoms with Crippen molar-refractivity contribution in [1.82, 2.24) is 14.9 Å². The lowest BCUT2D eigenvalue weighted by molar-refractivity contribution is 0.0540. The number of rotatable bonds is 5. The fourth-order valence-electron chi connectivity index (χ4n) is 4.09. The van der Waals surface area contributed by atoms with Crippen LogP contribution < -0.4 is 5.32 Å². The van der Waals surface area contributed by atoms with E-state index < -0.39 is 0 Å². The maximum Gasteiger partial charge on any atom is 0.254 e. The summed E-state index contributed by atoms with van der Waals surface area (Å²) < 4.78 is 0. The molecule has 31 heavy (non-hydrogen) atoms. The van der Waals surface area contributed by atoms with Gasteiger partial charge >= 0.3 is 0 Å². The Kier molecular flexibility index (Phi) is 6.52. The molecule has 0 unspecified atom stereocenters. The molecule has 3 aromatic rings. The van der Waals surface area contributed by atoms with Crippen LogP contribution >= 0.6 is 11.6 Å². The van der Waals surface area contributed by atoms with Crippen molar-refractivity contribution in [2.24, 2.45) is 5.92 Å². The molecule has 1 aliphatic heterocycles. The standard InChI is InChI=1S/C25H27ClN4O/c1-17-5-11-22(27-14-17)19-6-8-20(9-7-19)25(31)30-13-3-4-18(2)23(30)16-29-24-12-10-21(26)15-28-24/h5-12,14-15,18,23H,3-4,13,16H2,1-2H3,(H,28,29)/t18-,23-/m1/s1. The van der Waals surface area contributed by atoms with Gasteiger partial charge in [0.25, 0.3) is 5.91 Å². The van der Waals surface area contributed by atoms with Gasteiger partial charge in [-0.2, -0.15) is 0 Å². The molecule has 5 nitrogen and oxygen atoms in total. The van der Waals surface area contributed by atoms with Gasteiger partial charge in [0.15, 0.2) is 0 Å². The van der Waals surface area contributed by atoms with E-state index in [9.17, 15) is 4.79 Å². The molecular weight excluding hydrogens is 408 g/mol. The third kappa shape index (κ3) is 5.05. The second kappa shape index (κ2) is 9.48. The number of piperidine rings is 1. The molecule has 4 rings (SSSR count). The number of halogens is 1. The van der Waals surface area contributed by atoms with E-state index >= 15 is 0 Å². The van der Waals surface area contributed by atoms with Gasteiger partial charge in [0.1, 0.15) is 5.82 Å². The number of amides is 1. The van der Waals surface area contributed by atoms with Gasteiger partial charge in [-0.05, 0) is 61.6 Å². The third-order valence-corrected chi connectivity index (χ3v) is 6.16. The summed E-state index contributed by atoms with van der Waals surface area (Å²) in [7, 11) is 0. The molecule has 2 aromatic heterocycles. The van der Waals surface area contributed by atoms with Crippen LogP contribution in [0.1, 0.15) is 35.7 Å². The van der Waals surface area contributed by atoms with Crippen LogP contribution in [0.2, 0.25) is 5.02 Å². The normalized spacial score (nSPS) is 18.6. The molecule has 2 atom stereocenters. The van der Waals surface area contributed by atoms with Gasteiger partial charge in [-0.25, -0.2) is 4.98 Å². The zero-order valence-corrected chi connectivity index (χ0v) is 18.6. The van der Waals surface area contributed by atoms with Gasteiger partial charge < -0.3 is 10.2 Å². The molecular formula is C25H27ClN4O. The predicted octanol–water partition coefficient (Wildman–Crippen LogP) is 5.46. The van der Waals surface area contributed by atoms with Crippen LogP contribution in [0.25, 0.3) is 11.3 Å². The minimum absolute atomic E-state index is 0.0748. The molecule has 3 heterocycles. The lowest BCUT2D eigenvalue weighted by Crippen LogP contribution is -2.51. The van der Waals surface area contributed by atoms with Crippen LogP contribution in [0, 0.1) is 12.8 Å². The summed E-state index contributed by atoms with van der Waals surface area (Å²) in [5.74, 6) is 1.25. The summed E-state index contributed by atoms with van der Waals surface area (Å²) in [6.45, 7) is 5.66. The average molecular weight is 435 g/mol. The van der Waals surface area contributed by atoms with Crippen LogP contribution in [-0.4, -0.2) is 39.9 Å². The van der Waals surface area contributed by atoms with Crippen molar-refractivity contribution >= 4 is 23.3 Å². The Morgan fingerprint density at radius 1 is 1.10 bits per heavy atom. The maximum absolute atomic E-state index is 13.4. The predicted molar refractivity (Wildman–Crippen MR) is 125 cm³/mol. The number of carbonyl (C=O) groups excluding carboxylic acids is 1. The number of anilines is 1. The van der Waals surface area contributed by atoms with E-state index in [1.165, 1.54) is 0 Å². The van der Waals surface area contributed by atoms with Crippen LogP contribution in [0.3, 0.4) is 0 Å². The van der Waals surface area contributed by atoms with E-state index in [0.29, 0.717) is 23.0 Å². The highest BCUT2D eigenvalue weighted by atomic mass is 35.5. The van der Waals surface area contributed by atoms with E-state index in [2.05, 4.69) is 22.2 Å². The van der Waals surface area contributed by atoms with Gasteiger partial charge in [0.05, 0.1) is 16.8 Å². The molecule has 0 spiro atoms. The summed E-state index contributed by atoms with van der Waals surface area (Å²) in [6, 6.07) is 15.6. The molecule has 1 amide bonds. The molecule has 0 saturated carbocycles. The number of nitrogens with zero attached hydrogens (tertiary/aromatic N) is 3. The SMILES string of the molecule is Cc1ccc(-c2ccc(C(=O)N3CCC[C@@H](C)[C@H]3CNc3ccc(Cl)cn3)cc2)nc1. The topological polar surface area (TPSA) is 58.1 Å². The van der Waals surface area contributed by atoms with Crippen molar-refractivity contribution in [2.75, 3.05) is 18.4 Å². The summed E-state index contributed by atoms with van der Waals surface area (Å²) in [5, 5.41) is 3.98. The molecule has 0 radical (unpaired) electrons. The monoisotopic (exact) mass is 434 g/mol. The van der Waals surface area contributed by atoms with E-state index in [1.807, 2.05) is 66.6 Å². The van der Waals surface area contributed by atoms with Crippen molar-refractivity contribution < 1.29 is 4.79 Å². The van der Waals surface area contributed by atoms with Crippen LogP contribution in [0.5, 0.6) is 0 Å². The Morgan fingerprint density at radius 3 is 2.58 bits per heavy atom. The molecule has 1 N–H and O–H groups in total. The second-order valence-electron chi connectivity index (χ2n) is 8.23. The third-order valence-electron chi connectivity index (χ3n) is 5.94. The number of hydrogen-bond acceptors (Lipinski definition) is 4.